The van der Waals surface area contributed by atoms with Gasteiger partial charge in [-0.15, -0.1) is 0 Å². The summed E-state index contributed by atoms with van der Waals surface area (Å²) in [5, 5.41) is 10.8. The second-order valence-electron chi connectivity index (χ2n) is 2.65. The van der Waals surface area contributed by atoms with Gasteiger partial charge in [-0.25, -0.2) is 0 Å². The predicted octanol–water partition coefficient (Wildman–Crippen LogP) is -1.95. The van der Waals surface area contributed by atoms with Crippen LogP contribution in [0.1, 0.15) is 0 Å². The Kier molecular flexibility index (Phi) is 2.34. The van der Waals surface area contributed by atoms with Gasteiger partial charge in [0, 0.05) is 12.1 Å². The number of hydrogen-bond donors (Lipinski definition) is 4. The molecule has 1 aliphatic rings. The molecule has 1 rings (SSSR count). The molecule has 2 atom stereocenters. The summed E-state index contributed by atoms with van der Waals surface area (Å²) in [6.07, 6.45) is 2.96. The zero-order valence-corrected chi connectivity index (χ0v) is 6.47. The van der Waals surface area contributed by atoms with E-state index in [1.807, 2.05) is 0 Å². The average Bonchev–Trinajstić information content (AvgIpc) is 1.96. The lowest BCUT2D eigenvalue weighted by atomic mass is 10.0. The van der Waals surface area contributed by atoms with E-state index in [-0.39, 0.29) is 22.6 Å². The van der Waals surface area contributed by atoms with E-state index in [0.717, 1.165) is 0 Å². The molecule has 0 aromatic carbocycles. The minimum Gasteiger partial charge on any atom is -0.743 e. The van der Waals surface area contributed by atoms with Crippen molar-refractivity contribution in [1.82, 2.24) is 5.17 Å². The normalized spacial score (nSPS) is 29.3. The molecule has 0 aromatic heterocycles. The predicted molar refractivity (Wildman–Crippen MR) is 45.7 cm³/mol. The zero-order valence-electron chi connectivity index (χ0n) is 6.47. The van der Waals surface area contributed by atoms with Gasteiger partial charge in [0.1, 0.15) is 0 Å². The Bertz CT molecular complexity index is 234. The maximum absolute atomic E-state index is 10.7. The van der Waals surface area contributed by atoms with Crippen LogP contribution in [-0.2, 0) is 0 Å². The van der Waals surface area contributed by atoms with Crippen LogP contribution >= 0.6 is 0 Å². The Labute approximate surface area is 70.0 Å². The number of nitrogens with two attached hydrogens (primary N) is 4. The minimum atomic E-state index is -0.410. The molecule has 0 spiro atoms. The first-order chi connectivity index (χ1) is 5.52. The van der Waals surface area contributed by atoms with Crippen LogP contribution in [0.15, 0.2) is 23.5 Å². The van der Waals surface area contributed by atoms with Crippen molar-refractivity contribution in [3.63, 3.8) is 0 Å². The van der Waals surface area contributed by atoms with Crippen LogP contribution in [0, 0.1) is 5.21 Å². The fourth-order valence-electron chi connectivity index (χ4n) is 0.994. The molecule has 0 radical (unpaired) electrons. The molecule has 8 N–H and O–H groups in total. The first-order valence-corrected chi connectivity index (χ1v) is 3.45. The van der Waals surface area contributed by atoms with Crippen LogP contribution in [0.3, 0.4) is 0 Å². The Balaban J connectivity index is 2.89. The monoisotopic (exact) mass is 170 g/mol. The highest BCUT2D eigenvalue weighted by Crippen LogP contribution is 2.14. The standard InChI is InChI=1S/C6H12N5O/c7-3-1-5(9)6(11(10)12)2-4(3)8/h1-4H,7-10H2/q-1. The van der Waals surface area contributed by atoms with E-state index in [0.29, 0.717) is 0 Å². The third-order valence-corrected chi connectivity index (χ3v) is 1.70. The Morgan fingerprint density at radius 3 is 2.25 bits per heavy atom. The van der Waals surface area contributed by atoms with Crippen molar-refractivity contribution in [2.45, 2.75) is 12.1 Å². The maximum atomic E-state index is 10.7. The molecule has 0 fully saturated rings. The molecule has 12 heavy (non-hydrogen) atoms. The van der Waals surface area contributed by atoms with E-state index < -0.39 is 6.04 Å². The summed E-state index contributed by atoms with van der Waals surface area (Å²) >= 11 is 0. The molecule has 0 saturated carbocycles. The fourth-order valence-corrected chi connectivity index (χ4v) is 0.994. The Hall–Kier alpha value is -1.08. The van der Waals surface area contributed by atoms with Gasteiger partial charge < -0.3 is 27.6 Å². The van der Waals surface area contributed by atoms with Crippen molar-refractivity contribution >= 4 is 0 Å². The number of nitrogens with zero attached hydrogens (tertiary/aromatic N) is 1. The molecule has 0 heterocycles. The number of hydroxylamine groups is 1. The van der Waals surface area contributed by atoms with Crippen molar-refractivity contribution in [3.05, 3.63) is 28.8 Å². The van der Waals surface area contributed by atoms with Gasteiger partial charge in [-0.1, -0.05) is 0 Å². The molecule has 0 saturated heterocycles. The smallest absolute Gasteiger partial charge is 0.0609 e. The summed E-state index contributed by atoms with van der Waals surface area (Å²) in [6.45, 7) is 0. The Morgan fingerprint density at radius 1 is 1.25 bits per heavy atom. The summed E-state index contributed by atoms with van der Waals surface area (Å²) in [4.78, 5) is 0. The molecule has 6 heteroatoms. The van der Waals surface area contributed by atoms with E-state index in [1.165, 1.54) is 12.2 Å². The maximum Gasteiger partial charge on any atom is 0.0609 e. The summed E-state index contributed by atoms with van der Waals surface area (Å²) < 4.78 is 0. The minimum absolute atomic E-state index is 0.171. The van der Waals surface area contributed by atoms with Crippen molar-refractivity contribution in [2.24, 2.45) is 23.0 Å². The average molecular weight is 170 g/mol. The van der Waals surface area contributed by atoms with Crippen LogP contribution in [0.5, 0.6) is 0 Å². The van der Waals surface area contributed by atoms with Gasteiger partial charge in [0.25, 0.3) is 0 Å². The van der Waals surface area contributed by atoms with E-state index in [1.54, 1.807) is 0 Å². The van der Waals surface area contributed by atoms with Crippen molar-refractivity contribution < 1.29 is 0 Å². The summed E-state index contributed by atoms with van der Waals surface area (Å²) in [5.74, 6) is 4.96. The second-order valence-corrected chi connectivity index (χ2v) is 2.65. The molecule has 6 nitrogen and oxygen atoms in total. The van der Waals surface area contributed by atoms with Gasteiger partial charge in [-0.3, -0.25) is 5.84 Å². The quantitative estimate of drug-likeness (QED) is 0.267. The SMILES string of the molecule is NC1=CC(N)C(N)C=C1N(N)[O-]. The molecule has 0 aromatic rings. The third kappa shape index (κ3) is 1.56. The van der Waals surface area contributed by atoms with Crippen molar-refractivity contribution in [2.75, 3.05) is 0 Å². The van der Waals surface area contributed by atoms with Gasteiger partial charge in [0.2, 0.25) is 0 Å². The van der Waals surface area contributed by atoms with Gasteiger partial charge in [-0.05, 0) is 12.2 Å². The third-order valence-electron chi connectivity index (χ3n) is 1.70. The van der Waals surface area contributed by atoms with E-state index in [4.69, 9.17) is 23.0 Å². The van der Waals surface area contributed by atoms with Crippen LogP contribution < -0.4 is 23.0 Å². The highest BCUT2D eigenvalue weighted by Gasteiger charge is 2.17. The second kappa shape index (κ2) is 3.11. The number of hydrogen-bond acceptors (Lipinski definition) is 6. The largest absolute Gasteiger partial charge is 0.743 e. The lowest BCUT2D eigenvalue weighted by Crippen LogP contribution is -2.43. The van der Waals surface area contributed by atoms with E-state index in [9.17, 15) is 5.21 Å². The Morgan fingerprint density at radius 2 is 1.75 bits per heavy atom. The molecule has 1 aliphatic carbocycles. The summed E-state index contributed by atoms with van der Waals surface area (Å²) in [6, 6.07) is -0.763. The fraction of sp³-hybridized carbons (Fsp3) is 0.333. The van der Waals surface area contributed by atoms with Crippen LogP contribution in [0.25, 0.3) is 0 Å². The molecule has 0 aliphatic heterocycles. The molecular formula is C6H12N5O-. The van der Waals surface area contributed by atoms with Crippen molar-refractivity contribution in [1.29, 1.82) is 0 Å². The molecule has 2 unspecified atom stereocenters. The topological polar surface area (TPSA) is 130 Å². The van der Waals surface area contributed by atoms with Gasteiger partial charge in [0.05, 0.1) is 11.4 Å². The number of hydrazine groups is 1. The van der Waals surface area contributed by atoms with E-state index in [2.05, 4.69) is 0 Å². The summed E-state index contributed by atoms with van der Waals surface area (Å²) in [5.41, 5.74) is 17.0. The molecule has 68 valence electrons. The van der Waals surface area contributed by atoms with Crippen LogP contribution in [-0.4, -0.2) is 17.3 Å². The highest BCUT2D eigenvalue weighted by atomic mass is 16.5. The van der Waals surface area contributed by atoms with Gasteiger partial charge in [0.15, 0.2) is 0 Å². The number of rotatable bonds is 1. The van der Waals surface area contributed by atoms with Crippen molar-refractivity contribution in [3.8, 4) is 0 Å². The molecule has 0 amide bonds. The molecular weight excluding hydrogens is 158 g/mol. The van der Waals surface area contributed by atoms with Gasteiger partial charge >= 0.3 is 0 Å². The van der Waals surface area contributed by atoms with Crippen LogP contribution in [0.2, 0.25) is 0 Å². The van der Waals surface area contributed by atoms with E-state index >= 15 is 0 Å². The zero-order chi connectivity index (χ0) is 9.30. The summed E-state index contributed by atoms with van der Waals surface area (Å²) in [7, 11) is 0. The highest BCUT2D eigenvalue weighted by molar-refractivity contribution is 5.35. The lowest BCUT2D eigenvalue weighted by molar-refractivity contribution is 0.487. The van der Waals surface area contributed by atoms with Crippen LogP contribution in [0.4, 0.5) is 0 Å². The first kappa shape index (κ1) is 9.01. The molecule has 0 bridgehead atoms. The van der Waals surface area contributed by atoms with Gasteiger partial charge in [-0.2, -0.15) is 0 Å². The lowest BCUT2D eigenvalue weighted by Gasteiger charge is -2.32. The first-order valence-electron chi connectivity index (χ1n) is 3.45.